The van der Waals surface area contributed by atoms with Crippen LogP contribution in [0, 0.1) is 5.92 Å². The normalized spacial score (nSPS) is 21.3. The van der Waals surface area contributed by atoms with E-state index in [2.05, 4.69) is 15.4 Å². The molecule has 1 aromatic carbocycles. The zero-order valence-electron chi connectivity index (χ0n) is 17.5. The fourth-order valence-electron chi connectivity index (χ4n) is 3.26. The summed E-state index contributed by atoms with van der Waals surface area (Å²) >= 11 is 0. The van der Waals surface area contributed by atoms with Crippen molar-refractivity contribution in [2.24, 2.45) is 5.92 Å². The molecule has 0 spiro atoms. The number of benzene rings is 1. The van der Waals surface area contributed by atoms with Gasteiger partial charge in [-0.15, -0.1) is 0 Å². The fraction of sp³-hybridized carbons (Fsp3) is 0.667. The Bertz CT molecular complexity index is 724. The molecule has 3 N–H and O–H groups in total. The van der Waals surface area contributed by atoms with Gasteiger partial charge < -0.3 is 10.6 Å². The Labute approximate surface area is 169 Å². The predicted molar refractivity (Wildman–Crippen MR) is 115 cm³/mol. The number of amides is 1. The first-order chi connectivity index (χ1) is 13.2. The number of sulfonamides is 1. The van der Waals surface area contributed by atoms with Crippen LogP contribution in [-0.2, 0) is 10.0 Å². The minimum absolute atomic E-state index is 0.0388. The highest BCUT2D eigenvalue weighted by molar-refractivity contribution is 7.90. The highest BCUT2D eigenvalue weighted by Crippen LogP contribution is 2.25. The van der Waals surface area contributed by atoms with Crippen molar-refractivity contribution in [3.8, 4) is 0 Å². The number of rotatable bonds is 9. The van der Waals surface area contributed by atoms with Crippen LogP contribution in [0.25, 0.3) is 0 Å². The highest BCUT2D eigenvalue weighted by Gasteiger charge is 2.26. The third-order valence-electron chi connectivity index (χ3n) is 5.53. The Morgan fingerprint density at radius 1 is 1.07 bits per heavy atom. The van der Waals surface area contributed by atoms with Crippen LogP contribution in [0.3, 0.4) is 0 Å². The number of carbonyl (C=O) groups excluding carboxylic acids is 1. The summed E-state index contributed by atoms with van der Waals surface area (Å²) in [6, 6.07) is 7.80. The molecule has 0 bridgehead atoms. The Morgan fingerprint density at radius 3 is 2.21 bits per heavy atom. The van der Waals surface area contributed by atoms with E-state index in [1.807, 2.05) is 38.1 Å². The Hall–Kier alpha value is -1.60. The molecule has 6 nitrogen and oxygen atoms in total. The molecule has 2 rings (SSSR count). The number of anilines is 1. The molecule has 0 heterocycles. The molecule has 0 saturated heterocycles. The summed E-state index contributed by atoms with van der Waals surface area (Å²) < 4.78 is 26.8. The van der Waals surface area contributed by atoms with Gasteiger partial charge in [-0.3, -0.25) is 4.79 Å². The molecule has 158 valence electrons. The first kappa shape index (κ1) is 22.7. The third-order valence-corrected chi connectivity index (χ3v) is 7.43. The van der Waals surface area contributed by atoms with Gasteiger partial charge in [-0.2, -0.15) is 0 Å². The first-order valence-corrected chi connectivity index (χ1v) is 11.9. The van der Waals surface area contributed by atoms with Crippen molar-refractivity contribution in [2.45, 2.75) is 77.1 Å². The van der Waals surface area contributed by atoms with Crippen LogP contribution in [0.15, 0.2) is 24.3 Å². The molecular formula is C21H35N3O3S. The van der Waals surface area contributed by atoms with Crippen molar-refractivity contribution >= 4 is 21.6 Å². The maximum atomic E-state index is 12.1. The van der Waals surface area contributed by atoms with E-state index in [0.717, 1.165) is 44.3 Å². The van der Waals surface area contributed by atoms with Crippen LogP contribution in [0.4, 0.5) is 5.69 Å². The number of hydrogen-bond acceptors (Lipinski definition) is 4. The maximum absolute atomic E-state index is 12.1. The summed E-state index contributed by atoms with van der Waals surface area (Å²) in [5.74, 6) is 0.497. The number of nitrogens with one attached hydrogen (secondary N) is 3. The quantitative estimate of drug-likeness (QED) is 0.582. The van der Waals surface area contributed by atoms with Crippen molar-refractivity contribution in [1.82, 2.24) is 10.0 Å². The Kier molecular flexibility index (Phi) is 8.31. The average molecular weight is 410 g/mol. The molecule has 1 aromatic rings. The number of hydrogen-bond donors (Lipinski definition) is 3. The van der Waals surface area contributed by atoms with Crippen LogP contribution in [-0.4, -0.2) is 38.2 Å². The molecule has 1 aliphatic rings. The van der Waals surface area contributed by atoms with Gasteiger partial charge in [0.1, 0.15) is 0 Å². The van der Waals surface area contributed by atoms with Gasteiger partial charge in [0.2, 0.25) is 10.0 Å². The minimum atomic E-state index is -3.19. The smallest absolute Gasteiger partial charge is 0.251 e. The van der Waals surface area contributed by atoms with Crippen LogP contribution in [0.2, 0.25) is 0 Å². The monoisotopic (exact) mass is 409 g/mol. The molecule has 0 aliphatic heterocycles. The SMILES string of the molecule is CCC(C)NC(=O)c1ccc(NC[C@H]2CC[C@H](NS(=O)(=O)C(C)C)CC2)cc1. The van der Waals surface area contributed by atoms with Gasteiger partial charge in [0, 0.05) is 29.9 Å². The molecule has 28 heavy (non-hydrogen) atoms. The molecule has 1 aliphatic carbocycles. The Morgan fingerprint density at radius 2 is 1.68 bits per heavy atom. The van der Waals surface area contributed by atoms with E-state index < -0.39 is 10.0 Å². The average Bonchev–Trinajstić information content (AvgIpc) is 2.67. The lowest BCUT2D eigenvalue weighted by Crippen LogP contribution is -2.41. The number of carbonyl (C=O) groups is 1. The van der Waals surface area contributed by atoms with Gasteiger partial charge in [-0.1, -0.05) is 6.92 Å². The van der Waals surface area contributed by atoms with Gasteiger partial charge in [0.25, 0.3) is 5.91 Å². The van der Waals surface area contributed by atoms with E-state index in [-0.39, 0.29) is 23.2 Å². The van der Waals surface area contributed by atoms with Crippen molar-refractivity contribution < 1.29 is 13.2 Å². The van der Waals surface area contributed by atoms with Crippen LogP contribution >= 0.6 is 0 Å². The van der Waals surface area contributed by atoms with E-state index in [9.17, 15) is 13.2 Å². The second kappa shape index (κ2) is 10.3. The van der Waals surface area contributed by atoms with E-state index in [1.165, 1.54) is 0 Å². The van der Waals surface area contributed by atoms with E-state index >= 15 is 0 Å². The standard InChI is InChI=1S/C21H35N3O3S/c1-5-16(4)23-21(25)18-8-12-19(13-9-18)22-14-17-6-10-20(11-7-17)24-28(26,27)15(2)3/h8-9,12-13,15-17,20,22,24H,5-7,10-11,14H2,1-4H3,(H,23,25)/t16?,17-,20-. The molecule has 0 aromatic heterocycles. The zero-order chi connectivity index (χ0) is 20.7. The lowest BCUT2D eigenvalue weighted by atomic mass is 9.86. The largest absolute Gasteiger partial charge is 0.385 e. The molecular weight excluding hydrogens is 374 g/mol. The van der Waals surface area contributed by atoms with Crippen LogP contribution in [0.5, 0.6) is 0 Å². The summed E-state index contributed by atoms with van der Waals surface area (Å²) in [6.07, 6.45) is 4.69. The van der Waals surface area contributed by atoms with Gasteiger partial charge >= 0.3 is 0 Å². The summed E-state index contributed by atoms with van der Waals surface area (Å²) in [6.45, 7) is 8.32. The van der Waals surface area contributed by atoms with Gasteiger partial charge in [-0.05, 0) is 83.1 Å². The summed E-state index contributed by atoms with van der Waals surface area (Å²) in [5, 5.41) is 6.02. The lowest BCUT2D eigenvalue weighted by molar-refractivity contribution is 0.0939. The van der Waals surface area contributed by atoms with Crippen LogP contribution in [0.1, 0.15) is 70.2 Å². The van der Waals surface area contributed by atoms with Crippen molar-refractivity contribution in [3.63, 3.8) is 0 Å². The highest BCUT2D eigenvalue weighted by atomic mass is 32.2. The molecule has 7 heteroatoms. The van der Waals surface area contributed by atoms with Gasteiger partial charge in [-0.25, -0.2) is 13.1 Å². The van der Waals surface area contributed by atoms with Gasteiger partial charge in [0.05, 0.1) is 5.25 Å². The Balaban J connectivity index is 1.76. The van der Waals surface area contributed by atoms with Gasteiger partial charge in [0.15, 0.2) is 0 Å². The lowest BCUT2D eigenvalue weighted by Gasteiger charge is -2.29. The fourth-order valence-corrected chi connectivity index (χ4v) is 4.24. The minimum Gasteiger partial charge on any atom is -0.385 e. The molecule has 1 fully saturated rings. The second-order valence-electron chi connectivity index (χ2n) is 8.17. The molecule has 1 amide bonds. The van der Waals surface area contributed by atoms with Crippen molar-refractivity contribution in [1.29, 1.82) is 0 Å². The van der Waals surface area contributed by atoms with E-state index in [0.29, 0.717) is 11.5 Å². The van der Waals surface area contributed by atoms with E-state index in [1.54, 1.807) is 13.8 Å². The first-order valence-electron chi connectivity index (χ1n) is 10.4. The topological polar surface area (TPSA) is 87.3 Å². The van der Waals surface area contributed by atoms with Crippen molar-refractivity contribution in [2.75, 3.05) is 11.9 Å². The molecule has 0 radical (unpaired) electrons. The summed E-state index contributed by atoms with van der Waals surface area (Å²) in [7, 11) is -3.19. The second-order valence-corrected chi connectivity index (χ2v) is 10.4. The van der Waals surface area contributed by atoms with E-state index in [4.69, 9.17) is 0 Å². The zero-order valence-corrected chi connectivity index (χ0v) is 18.3. The maximum Gasteiger partial charge on any atom is 0.251 e. The molecule has 1 unspecified atom stereocenters. The third kappa shape index (κ3) is 6.78. The summed E-state index contributed by atoms with van der Waals surface area (Å²) in [5.41, 5.74) is 1.67. The molecule has 1 saturated carbocycles. The molecule has 1 atom stereocenters. The predicted octanol–water partition coefficient (Wildman–Crippen LogP) is 3.51. The van der Waals surface area contributed by atoms with Crippen molar-refractivity contribution in [3.05, 3.63) is 29.8 Å². The summed E-state index contributed by atoms with van der Waals surface area (Å²) in [4.78, 5) is 12.1. The van der Waals surface area contributed by atoms with Crippen LogP contribution < -0.4 is 15.4 Å².